The molecular weight excluding hydrogens is 682 g/mol. The number of alkyl halides is 6. The minimum atomic E-state index is -4.54. The molecule has 0 amide bonds. The Bertz CT molecular complexity index is 1860. The zero-order chi connectivity index (χ0) is 37.6. The first-order valence-corrected chi connectivity index (χ1v) is 14.2. The Kier molecular flexibility index (Phi) is 12.0. The number of aliphatic carboxylic acids is 2. The molecule has 2 heterocycles. The van der Waals surface area contributed by atoms with E-state index in [9.17, 15) is 65.3 Å². The van der Waals surface area contributed by atoms with E-state index in [0.29, 0.717) is 0 Å². The standard InChI is InChI=1S/2C16H13F3N2O4/c2*1-8-20-12(7-14(23)21-8)13(22)6-11(15(24)25)9-2-4-10(5-3-9)16(17,18)19/h2*2-5,7,11H,6H2,1H3,(H,24,25)(H,20,21,23). The number of carboxylic acids is 2. The molecule has 18 heteroatoms. The lowest BCUT2D eigenvalue weighted by atomic mass is 9.92. The highest BCUT2D eigenvalue weighted by atomic mass is 19.4. The van der Waals surface area contributed by atoms with Gasteiger partial charge in [0, 0.05) is 25.0 Å². The number of halogens is 6. The minimum absolute atomic E-state index is 0.0513. The SMILES string of the molecule is Cc1nc(C(=O)CC(C(=O)O)c2ccc(C(F)(F)F)cc2)cc(=O)[nH]1.Cc1nc(C(=O)CC(C(=O)O)c2ccc(C(F)(F)F)cc2)cc(=O)[nH]1. The van der Waals surface area contributed by atoms with Gasteiger partial charge in [0.1, 0.15) is 23.0 Å². The molecule has 0 saturated carbocycles. The van der Waals surface area contributed by atoms with Gasteiger partial charge in [-0.2, -0.15) is 26.3 Å². The third kappa shape index (κ3) is 10.5. The number of H-pyrrole nitrogens is 2. The van der Waals surface area contributed by atoms with Gasteiger partial charge in [0.25, 0.3) is 11.1 Å². The second kappa shape index (κ2) is 15.5. The molecule has 264 valence electrons. The molecule has 0 bridgehead atoms. The van der Waals surface area contributed by atoms with Gasteiger partial charge >= 0.3 is 24.3 Å². The van der Waals surface area contributed by atoms with Crippen molar-refractivity contribution in [1.29, 1.82) is 0 Å². The summed E-state index contributed by atoms with van der Waals surface area (Å²) in [6.07, 6.45) is -10.1. The van der Waals surface area contributed by atoms with Gasteiger partial charge in [0.05, 0.1) is 23.0 Å². The van der Waals surface area contributed by atoms with Gasteiger partial charge in [-0.05, 0) is 49.2 Å². The van der Waals surface area contributed by atoms with E-state index >= 15 is 0 Å². The van der Waals surface area contributed by atoms with Crippen molar-refractivity contribution in [3.63, 3.8) is 0 Å². The summed E-state index contributed by atoms with van der Waals surface area (Å²) in [5.74, 6) is -6.44. The van der Waals surface area contributed by atoms with Crippen LogP contribution in [0.3, 0.4) is 0 Å². The quantitative estimate of drug-likeness (QED) is 0.127. The van der Waals surface area contributed by atoms with Gasteiger partial charge in [-0.15, -0.1) is 0 Å². The average molecular weight is 709 g/mol. The van der Waals surface area contributed by atoms with E-state index in [1.165, 1.54) is 13.8 Å². The number of nitrogens with one attached hydrogen (secondary N) is 2. The van der Waals surface area contributed by atoms with Crippen LogP contribution in [-0.4, -0.2) is 53.7 Å². The number of ketones is 2. The summed E-state index contributed by atoms with van der Waals surface area (Å²) >= 11 is 0. The van der Waals surface area contributed by atoms with Gasteiger partial charge in [-0.1, -0.05) is 24.3 Å². The molecule has 4 N–H and O–H groups in total. The Morgan fingerprint density at radius 1 is 0.620 bits per heavy atom. The summed E-state index contributed by atoms with van der Waals surface area (Å²) in [6.45, 7) is 2.92. The number of carbonyl (C=O) groups excluding carboxylic acids is 2. The van der Waals surface area contributed by atoms with Gasteiger partial charge in [-0.3, -0.25) is 28.8 Å². The summed E-state index contributed by atoms with van der Waals surface area (Å²) in [6, 6.07) is 8.99. The molecule has 2 aromatic heterocycles. The van der Waals surface area contributed by atoms with Crippen LogP contribution in [0.2, 0.25) is 0 Å². The smallest absolute Gasteiger partial charge is 0.416 e. The number of carboxylic acid groups (broad SMARTS) is 2. The van der Waals surface area contributed by atoms with E-state index < -0.39 is 82.8 Å². The molecule has 0 radical (unpaired) electrons. The number of aromatic nitrogens is 4. The van der Waals surface area contributed by atoms with Crippen LogP contribution >= 0.6 is 0 Å². The van der Waals surface area contributed by atoms with Gasteiger partial charge in [0.15, 0.2) is 11.6 Å². The predicted molar refractivity (Wildman–Crippen MR) is 161 cm³/mol. The first-order valence-electron chi connectivity index (χ1n) is 14.2. The van der Waals surface area contributed by atoms with E-state index in [1.807, 2.05) is 0 Å². The maximum atomic E-state index is 12.6. The largest absolute Gasteiger partial charge is 0.481 e. The fourth-order valence-electron chi connectivity index (χ4n) is 4.53. The number of nitrogens with zero attached hydrogens (tertiary/aromatic N) is 2. The third-order valence-corrected chi connectivity index (χ3v) is 6.95. The molecule has 0 saturated heterocycles. The second-order valence-electron chi connectivity index (χ2n) is 10.7. The molecule has 50 heavy (non-hydrogen) atoms. The Balaban J connectivity index is 0.000000270. The Labute approximate surface area is 276 Å². The number of hydrogen-bond acceptors (Lipinski definition) is 8. The molecule has 2 aromatic carbocycles. The van der Waals surface area contributed by atoms with Crippen LogP contribution in [0.25, 0.3) is 0 Å². The number of Topliss-reactive ketones (excluding diaryl/α,β-unsaturated/α-hetero) is 2. The molecule has 0 aliphatic rings. The highest BCUT2D eigenvalue weighted by molar-refractivity contribution is 5.98. The predicted octanol–water partition coefficient (Wildman–Crippen LogP) is 5.08. The van der Waals surface area contributed by atoms with Crippen LogP contribution < -0.4 is 11.1 Å². The Morgan fingerprint density at radius 3 is 1.16 bits per heavy atom. The lowest BCUT2D eigenvalue weighted by Crippen LogP contribution is -2.20. The second-order valence-corrected chi connectivity index (χ2v) is 10.7. The first kappa shape index (κ1) is 38.5. The molecule has 0 spiro atoms. The first-order chi connectivity index (χ1) is 23.1. The molecule has 4 aromatic rings. The van der Waals surface area contributed by atoms with Crippen molar-refractivity contribution in [3.8, 4) is 0 Å². The van der Waals surface area contributed by atoms with Crippen molar-refractivity contribution in [1.82, 2.24) is 19.9 Å². The van der Waals surface area contributed by atoms with Crippen LogP contribution in [0.4, 0.5) is 26.3 Å². The van der Waals surface area contributed by atoms with Crippen LogP contribution in [-0.2, 0) is 21.9 Å². The number of carbonyl (C=O) groups is 4. The summed E-state index contributed by atoms with van der Waals surface area (Å²) in [5, 5.41) is 18.6. The fourth-order valence-corrected chi connectivity index (χ4v) is 4.53. The van der Waals surface area contributed by atoms with Crippen molar-refractivity contribution < 1.29 is 55.7 Å². The van der Waals surface area contributed by atoms with Crippen LogP contribution in [0.1, 0.15) is 79.6 Å². The number of benzene rings is 2. The number of hydrogen-bond donors (Lipinski definition) is 4. The Morgan fingerprint density at radius 2 is 0.920 bits per heavy atom. The fraction of sp³-hybridized carbons (Fsp3) is 0.250. The van der Waals surface area contributed by atoms with Crippen molar-refractivity contribution in [2.24, 2.45) is 0 Å². The molecular formula is C32H26F6N4O8. The lowest BCUT2D eigenvalue weighted by molar-refractivity contribution is -0.139. The van der Waals surface area contributed by atoms with Gasteiger partial charge in [-0.25, -0.2) is 9.97 Å². The summed E-state index contributed by atoms with van der Waals surface area (Å²) < 4.78 is 75.5. The summed E-state index contributed by atoms with van der Waals surface area (Å²) in [7, 11) is 0. The highest BCUT2D eigenvalue weighted by Crippen LogP contribution is 2.32. The average Bonchev–Trinajstić information content (AvgIpc) is 3.00. The monoisotopic (exact) mass is 708 g/mol. The minimum Gasteiger partial charge on any atom is -0.481 e. The molecule has 12 nitrogen and oxygen atoms in total. The third-order valence-electron chi connectivity index (χ3n) is 6.95. The van der Waals surface area contributed by atoms with Crippen LogP contribution in [0, 0.1) is 13.8 Å². The normalized spacial score (nSPS) is 12.6. The highest BCUT2D eigenvalue weighted by Gasteiger charge is 2.33. The zero-order valence-corrected chi connectivity index (χ0v) is 25.8. The van der Waals surface area contributed by atoms with E-state index in [2.05, 4.69) is 19.9 Å². The van der Waals surface area contributed by atoms with Crippen LogP contribution in [0.5, 0.6) is 0 Å². The maximum Gasteiger partial charge on any atom is 0.416 e. The zero-order valence-electron chi connectivity index (χ0n) is 25.8. The van der Waals surface area contributed by atoms with Crippen molar-refractivity contribution >= 4 is 23.5 Å². The molecule has 2 atom stereocenters. The van der Waals surface area contributed by atoms with E-state index in [1.54, 1.807) is 0 Å². The topological polar surface area (TPSA) is 200 Å². The molecule has 2 unspecified atom stereocenters. The van der Waals surface area contributed by atoms with E-state index in [-0.39, 0.29) is 34.2 Å². The van der Waals surface area contributed by atoms with Gasteiger partial charge < -0.3 is 20.2 Å². The number of aryl methyl sites for hydroxylation is 2. The molecule has 0 aliphatic carbocycles. The maximum absolute atomic E-state index is 12.6. The molecule has 4 rings (SSSR count). The summed E-state index contributed by atoms with van der Waals surface area (Å²) in [5.41, 5.74) is -3.24. The van der Waals surface area contributed by atoms with E-state index in [4.69, 9.17) is 0 Å². The summed E-state index contributed by atoms with van der Waals surface area (Å²) in [4.78, 5) is 82.4. The van der Waals surface area contributed by atoms with Crippen molar-refractivity contribution in [2.45, 2.75) is 50.9 Å². The molecule has 0 aliphatic heterocycles. The molecule has 0 fully saturated rings. The van der Waals surface area contributed by atoms with E-state index in [0.717, 1.165) is 60.7 Å². The number of aromatic amines is 2. The van der Waals surface area contributed by atoms with Crippen molar-refractivity contribution in [2.75, 3.05) is 0 Å². The van der Waals surface area contributed by atoms with Gasteiger partial charge in [0.2, 0.25) is 0 Å². The lowest BCUT2D eigenvalue weighted by Gasteiger charge is -2.13. The Hall–Kier alpha value is -5.94. The van der Waals surface area contributed by atoms with Crippen molar-refractivity contribution in [3.05, 3.63) is 127 Å². The van der Waals surface area contributed by atoms with Crippen LogP contribution in [0.15, 0.2) is 70.3 Å². The number of rotatable bonds is 10.